The second kappa shape index (κ2) is 9.42. The van der Waals surface area contributed by atoms with E-state index in [1.54, 1.807) is 17.0 Å². The molecule has 160 valence electrons. The molecule has 8 heteroatoms. The lowest BCUT2D eigenvalue weighted by Gasteiger charge is -2.21. The molecule has 2 aromatic rings. The van der Waals surface area contributed by atoms with Crippen LogP contribution in [0.15, 0.2) is 71.5 Å². The summed E-state index contributed by atoms with van der Waals surface area (Å²) in [6.45, 7) is 1.55. The number of hydrogen-bond acceptors (Lipinski definition) is 4. The lowest BCUT2D eigenvalue weighted by Crippen LogP contribution is -2.38. The molecule has 3 amide bonds. The number of nitrogens with zero attached hydrogens (tertiary/aromatic N) is 3. The second-order valence-electron chi connectivity index (χ2n) is 7.34. The minimum Gasteiger partial charge on any atom is -0.431 e. The number of carbonyl (C=O) groups excluding carboxylic acids is 2. The van der Waals surface area contributed by atoms with Gasteiger partial charge >= 0.3 is 12.1 Å². The van der Waals surface area contributed by atoms with Crippen LogP contribution in [-0.4, -0.2) is 47.4 Å². The van der Waals surface area contributed by atoms with Crippen molar-refractivity contribution in [3.63, 3.8) is 0 Å². The number of benzene rings is 2. The Morgan fingerprint density at radius 3 is 2.61 bits per heavy atom. The molecule has 2 aromatic carbocycles. The SMILES string of the molecule is O=C(NCCCc1ccccc1)C1=COC2=NC(=O)N(Cc3ccc(F)cc3)CCN12. The van der Waals surface area contributed by atoms with Gasteiger partial charge in [0.15, 0.2) is 0 Å². The third-order valence-corrected chi connectivity index (χ3v) is 5.14. The second-order valence-corrected chi connectivity index (χ2v) is 7.34. The van der Waals surface area contributed by atoms with Crippen molar-refractivity contribution in [3.05, 3.63) is 83.5 Å². The Kier molecular flexibility index (Phi) is 6.26. The van der Waals surface area contributed by atoms with Crippen molar-refractivity contribution in [2.24, 2.45) is 4.99 Å². The van der Waals surface area contributed by atoms with E-state index in [9.17, 15) is 14.0 Å². The van der Waals surface area contributed by atoms with Crippen LogP contribution in [0.3, 0.4) is 0 Å². The molecule has 0 atom stereocenters. The molecule has 2 aliphatic rings. The van der Waals surface area contributed by atoms with Crippen LogP contribution in [-0.2, 0) is 22.5 Å². The first-order valence-corrected chi connectivity index (χ1v) is 10.2. The molecular weight excluding hydrogens is 399 g/mol. The fourth-order valence-corrected chi connectivity index (χ4v) is 3.47. The van der Waals surface area contributed by atoms with Crippen molar-refractivity contribution in [1.29, 1.82) is 0 Å². The standard InChI is InChI=1S/C23H23FN4O3/c24-19-10-8-18(9-11-19)15-27-13-14-28-20(16-31-23(28)26-22(27)30)21(29)25-12-4-7-17-5-2-1-3-6-17/h1-3,5-6,8-11,16H,4,7,12-15H2,(H,25,29). The third kappa shape index (κ3) is 5.09. The van der Waals surface area contributed by atoms with Crippen molar-refractivity contribution in [1.82, 2.24) is 15.1 Å². The normalized spacial score (nSPS) is 15.6. The molecule has 0 fully saturated rings. The minimum absolute atomic E-state index is 0.0982. The lowest BCUT2D eigenvalue weighted by molar-refractivity contribution is -0.118. The maximum atomic E-state index is 13.1. The summed E-state index contributed by atoms with van der Waals surface area (Å²) in [7, 11) is 0. The Morgan fingerprint density at radius 1 is 1.06 bits per heavy atom. The van der Waals surface area contributed by atoms with E-state index in [0.717, 1.165) is 18.4 Å². The molecule has 7 nitrogen and oxygen atoms in total. The van der Waals surface area contributed by atoms with Crippen LogP contribution in [0.25, 0.3) is 0 Å². The van der Waals surface area contributed by atoms with Crippen LogP contribution in [0.5, 0.6) is 0 Å². The number of nitrogens with one attached hydrogen (secondary N) is 1. The maximum absolute atomic E-state index is 13.1. The van der Waals surface area contributed by atoms with E-state index in [4.69, 9.17) is 4.74 Å². The Morgan fingerprint density at radius 2 is 1.84 bits per heavy atom. The predicted octanol–water partition coefficient (Wildman–Crippen LogP) is 3.04. The largest absolute Gasteiger partial charge is 0.431 e. The van der Waals surface area contributed by atoms with Crippen molar-refractivity contribution >= 4 is 18.0 Å². The van der Waals surface area contributed by atoms with E-state index in [-0.39, 0.29) is 17.7 Å². The Hall–Kier alpha value is -3.68. The first-order valence-electron chi connectivity index (χ1n) is 10.2. The molecule has 0 unspecified atom stereocenters. The molecule has 2 aliphatic heterocycles. The van der Waals surface area contributed by atoms with Gasteiger partial charge in [0.25, 0.3) is 5.91 Å². The topological polar surface area (TPSA) is 74.2 Å². The van der Waals surface area contributed by atoms with Crippen molar-refractivity contribution in [2.75, 3.05) is 19.6 Å². The molecule has 0 spiro atoms. The van der Waals surface area contributed by atoms with E-state index >= 15 is 0 Å². The Labute approximate surface area is 179 Å². The van der Waals surface area contributed by atoms with Gasteiger partial charge in [-0.2, -0.15) is 0 Å². The van der Waals surface area contributed by atoms with Crippen molar-refractivity contribution < 1.29 is 18.7 Å². The number of amides is 3. The fourth-order valence-electron chi connectivity index (χ4n) is 3.47. The van der Waals surface area contributed by atoms with Crippen LogP contribution in [0.2, 0.25) is 0 Å². The van der Waals surface area contributed by atoms with Crippen LogP contribution >= 0.6 is 0 Å². The number of hydrogen-bond donors (Lipinski definition) is 1. The maximum Gasteiger partial charge on any atom is 0.348 e. The van der Waals surface area contributed by atoms with E-state index < -0.39 is 6.03 Å². The van der Waals surface area contributed by atoms with Gasteiger partial charge in [-0.25, -0.2) is 9.18 Å². The summed E-state index contributed by atoms with van der Waals surface area (Å²) in [5.74, 6) is -0.595. The Bertz CT molecular complexity index is 1010. The van der Waals surface area contributed by atoms with Crippen LogP contribution in [0.1, 0.15) is 17.5 Å². The number of ether oxygens (including phenoxy) is 1. The number of urea groups is 1. The van der Waals surface area contributed by atoms with Gasteiger partial charge < -0.3 is 15.0 Å². The monoisotopic (exact) mass is 422 g/mol. The van der Waals surface area contributed by atoms with Crippen molar-refractivity contribution in [2.45, 2.75) is 19.4 Å². The van der Waals surface area contributed by atoms with Gasteiger partial charge in [0.1, 0.15) is 17.8 Å². The highest BCUT2D eigenvalue weighted by atomic mass is 19.1. The molecule has 31 heavy (non-hydrogen) atoms. The Balaban J connectivity index is 1.31. The first-order chi connectivity index (χ1) is 15.1. The minimum atomic E-state index is -0.459. The van der Waals surface area contributed by atoms with E-state index in [1.807, 2.05) is 18.2 Å². The van der Waals surface area contributed by atoms with Gasteiger partial charge in [-0.05, 0) is 36.1 Å². The summed E-state index contributed by atoms with van der Waals surface area (Å²) in [6, 6.07) is 15.7. The highest BCUT2D eigenvalue weighted by Gasteiger charge is 2.33. The predicted molar refractivity (Wildman–Crippen MR) is 113 cm³/mol. The highest BCUT2D eigenvalue weighted by Crippen LogP contribution is 2.20. The molecule has 0 radical (unpaired) electrons. The van der Waals surface area contributed by atoms with Crippen LogP contribution < -0.4 is 5.32 Å². The van der Waals surface area contributed by atoms with Crippen LogP contribution in [0.4, 0.5) is 9.18 Å². The smallest absolute Gasteiger partial charge is 0.348 e. The van der Waals surface area contributed by atoms with Crippen molar-refractivity contribution in [3.8, 4) is 0 Å². The van der Waals surface area contributed by atoms with Crippen LogP contribution in [0, 0.1) is 5.82 Å². The average molecular weight is 422 g/mol. The van der Waals surface area contributed by atoms with Gasteiger partial charge in [-0.3, -0.25) is 9.69 Å². The number of rotatable bonds is 7. The molecule has 1 N–H and O–H groups in total. The molecule has 2 heterocycles. The number of fused-ring (bicyclic) bond motifs is 1. The third-order valence-electron chi connectivity index (χ3n) is 5.14. The lowest BCUT2D eigenvalue weighted by atomic mass is 10.1. The molecule has 0 aliphatic carbocycles. The van der Waals surface area contributed by atoms with Gasteiger partial charge in [0, 0.05) is 26.2 Å². The van der Waals surface area contributed by atoms with Gasteiger partial charge in [0.05, 0.1) is 0 Å². The van der Waals surface area contributed by atoms with E-state index in [0.29, 0.717) is 31.9 Å². The quantitative estimate of drug-likeness (QED) is 0.696. The van der Waals surface area contributed by atoms with Gasteiger partial charge in [-0.15, -0.1) is 4.99 Å². The zero-order valence-corrected chi connectivity index (χ0v) is 17.0. The molecule has 0 saturated heterocycles. The molecule has 0 saturated carbocycles. The average Bonchev–Trinajstić information content (AvgIpc) is 3.11. The number of aryl methyl sites for hydroxylation is 1. The summed E-state index contributed by atoms with van der Waals surface area (Å²) in [6.07, 6.45) is 3.02. The summed E-state index contributed by atoms with van der Waals surface area (Å²) in [4.78, 5) is 32.3. The molecule has 0 aromatic heterocycles. The fraction of sp³-hybridized carbons (Fsp3) is 0.261. The number of aliphatic imine (C=N–C) groups is 1. The number of carbonyl (C=O) groups is 2. The molecule has 4 rings (SSSR count). The summed E-state index contributed by atoms with van der Waals surface area (Å²) < 4.78 is 18.5. The zero-order valence-electron chi connectivity index (χ0n) is 17.0. The van der Waals surface area contributed by atoms with E-state index in [2.05, 4.69) is 22.4 Å². The number of amidine groups is 1. The highest BCUT2D eigenvalue weighted by molar-refractivity contribution is 6.01. The van der Waals surface area contributed by atoms with Gasteiger partial charge in [0.2, 0.25) is 0 Å². The first kappa shape index (κ1) is 20.6. The number of halogens is 1. The summed E-state index contributed by atoms with van der Waals surface area (Å²) in [5, 5.41) is 2.90. The zero-order chi connectivity index (χ0) is 21.6. The molecule has 0 bridgehead atoms. The van der Waals surface area contributed by atoms with E-state index in [1.165, 1.54) is 28.9 Å². The summed E-state index contributed by atoms with van der Waals surface area (Å²) in [5.41, 5.74) is 2.35. The molecular formula is C23H23FN4O3. The van der Waals surface area contributed by atoms with Gasteiger partial charge in [-0.1, -0.05) is 42.5 Å². The summed E-state index contributed by atoms with van der Waals surface area (Å²) >= 11 is 0.